The largest absolute Gasteiger partial charge is 0.480 e. The normalized spacial score (nSPS) is 12.4. The minimum Gasteiger partial charge on any atom is -0.480 e. The number of aliphatic carboxylic acids is 1. The second-order valence-corrected chi connectivity index (χ2v) is 9.96. The number of aromatic nitrogens is 1. The number of carbonyl (C=O) groups is 2. The number of benzene rings is 2. The van der Waals surface area contributed by atoms with Gasteiger partial charge < -0.3 is 14.8 Å². The van der Waals surface area contributed by atoms with Crippen LogP contribution in [0.5, 0.6) is 0 Å². The number of sulfonamides is 1. The Labute approximate surface area is 202 Å². The summed E-state index contributed by atoms with van der Waals surface area (Å²) in [5.74, 6) is -2.34. The van der Waals surface area contributed by atoms with Crippen LogP contribution in [0.15, 0.2) is 88.3 Å². The Bertz CT molecular complexity index is 1430. The molecule has 1 amide bonds. The van der Waals surface area contributed by atoms with Gasteiger partial charge in [-0.2, -0.15) is 0 Å². The first-order chi connectivity index (χ1) is 16.7. The monoisotopic (exact) mass is 493 g/mol. The Hall–Kier alpha value is -4.18. The van der Waals surface area contributed by atoms with Crippen LogP contribution in [0.25, 0.3) is 11.0 Å². The number of anilines is 2. The fraction of sp³-hybridized carbons (Fsp3) is 0.160. The molecule has 0 fully saturated rings. The molecular weight excluding hydrogens is 470 g/mol. The van der Waals surface area contributed by atoms with Crippen molar-refractivity contribution in [3.63, 3.8) is 0 Å². The van der Waals surface area contributed by atoms with E-state index >= 15 is 0 Å². The molecule has 0 radical (unpaired) electrons. The number of fused-ring (bicyclic) bond motifs is 1. The van der Waals surface area contributed by atoms with Gasteiger partial charge in [0.15, 0.2) is 5.76 Å². The van der Waals surface area contributed by atoms with Crippen molar-refractivity contribution in [2.75, 3.05) is 9.62 Å². The van der Waals surface area contributed by atoms with Gasteiger partial charge in [-0.1, -0.05) is 50.2 Å². The molecule has 180 valence electrons. The van der Waals surface area contributed by atoms with Crippen molar-refractivity contribution in [3.05, 3.63) is 84.8 Å². The quantitative estimate of drug-likeness (QED) is 0.372. The molecule has 4 rings (SSSR count). The smallest absolute Gasteiger partial charge is 0.327 e. The lowest BCUT2D eigenvalue weighted by molar-refractivity contribution is -0.139. The Morgan fingerprint density at radius 1 is 1.00 bits per heavy atom. The van der Waals surface area contributed by atoms with E-state index in [-0.39, 0.29) is 22.2 Å². The van der Waals surface area contributed by atoms with Crippen LogP contribution in [-0.2, 0) is 14.8 Å². The summed E-state index contributed by atoms with van der Waals surface area (Å²) < 4.78 is 33.3. The van der Waals surface area contributed by atoms with E-state index in [9.17, 15) is 23.1 Å². The van der Waals surface area contributed by atoms with E-state index in [0.717, 1.165) is 9.69 Å². The van der Waals surface area contributed by atoms with Gasteiger partial charge in [0, 0.05) is 5.39 Å². The highest BCUT2D eigenvalue weighted by Crippen LogP contribution is 2.29. The predicted octanol–water partition coefficient (Wildman–Crippen LogP) is 4.38. The summed E-state index contributed by atoms with van der Waals surface area (Å²) in [4.78, 5) is 28.8. The lowest BCUT2D eigenvalue weighted by Crippen LogP contribution is -2.48. The molecule has 2 N–H and O–H groups in total. The molecule has 1 atom stereocenters. The molecule has 0 aliphatic heterocycles. The molecule has 0 saturated carbocycles. The van der Waals surface area contributed by atoms with Crippen LogP contribution in [0, 0.1) is 5.92 Å². The van der Waals surface area contributed by atoms with Crippen LogP contribution in [0.2, 0.25) is 0 Å². The zero-order valence-electron chi connectivity index (χ0n) is 19.0. The maximum absolute atomic E-state index is 13.5. The molecule has 0 saturated heterocycles. The van der Waals surface area contributed by atoms with Crippen LogP contribution < -0.4 is 9.62 Å². The molecule has 0 aliphatic rings. The zero-order chi connectivity index (χ0) is 25.2. The molecule has 0 aliphatic carbocycles. The first-order valence-corrected chi connectivity index (χ1v) is 12.2. The summed E-state index contributed by atoms with van der Waals surface area (Å²) in [7, 11) is -4.25. The molecule has 2 heterocycles. The highest BCUT2D eigenvalue weighted by Gasteiger charge is 2.39. The number of nitrogens with one attached hydrogen (secondary N) is 1. The van der Waals surface area contributed by atoms with Gasteiger partial charge in [0.25, 0.3) is 15.9 Å². The summed E-state index contributed by atoms with van der Waals surface area (Å²) in [5.41, 5.74) is 0.856. The van der Waals surface area contributed by atoms with Gasteiger partial charge in [-0.25, -0.2) is 22.5 Å². The molecule has 4 aromatic rings. The van der Waals surface area contributed by atoms with Crippen molar-refractivity contribution >= 4 is 44.4 Å². The zero-order valence-corrected chi connectivity index (χ0v) is 19.8. The average molecular weight is 494 g/mol. The lowest BCUT2D eigenvalue weighted by atomic mass is 10.0. The third kappa shape index (κ3) is 4.87. The SMILES string of the molecule is CC(C)[C@@H](C(=O)O)N(c1ccc(NC(=O)c2cc3ccccc3o2)cn1)S(=O)(=O)c1ccccc1. The third-order valence-corrected chi connectivity index (χ3v) is 7.12. The second kappa shape index (κ2) is 9.59. The molecule has 10 heteroatoms. The average Bonchev–Trinajstić information content (AvgIpc) is 3.28. The first kappa shape index (κ1) is 24.0. The van der Waals surface area contributed by atoms with E-state index in [4.69, 9.17) is 4.42 Å². The standard InChI is InChI=1S/C25H23N3O6S/c1-16(2)23(25(30)31)28(35(32,33)19-9-4-3-5-10-19)22-13-12-18(15-26-22)27-24(29)21-14-17-8-6-7-11-20(17)34-21/h3-16,23H,1-2H3,(H,27,29)(H,30,31)/t23-/m0/s1. The summed E-state index contributed by atoms with van der Waals surface area (Å²) in [6.07, 6.45) is 1.27. The van der Waals surface area contributed by atoms with Crippen LogP contribution in [0.4, 0.5) is 11.5 Å². The van der Waals surface area contributed by atoms with Gasteiger partial charge in [0.1, 0.15) is 17.4 Å². The van der Waals surface area contributed by atoms with Gasteiger partial charge in [-0.15, -0.1) is 0 Å². The Balaban J connectivity index is 1.66. The van der Waals surface area contributed by atoms with Crippen molar-refractivity contribution in [1.82, 2.24) is 4.98 Å². The van der Waals surface area contributed by atoms with E-state index in [1.807, 2.05) is 12.1 Å². The van der Waals surface area contributed by atoms with Gasteiger partial charge in [0.05, 0.1) is 16.8 Å². The number of hydrogen-bond acceptors (Lipinski definition) is 6. The van der Waals surface area contributed by atoms with Crippen molar-refractivity contribution in [2.45, 2.75) is 24.8 Å². The third-order valence-electron chi connectivity index (χ3n) is 5.32. The fourth-order valence-corrected chi connectivity index (χ4v) is 5.37. The number of carboxylic acid groups (broad SMARTS) is 1. The topological polar surface area (TPSA) is 130 Å². The first-order valence-electron chi connectivity index (χ1n) is 10.8. The minimum absolute atomic E-state index is 0.0593. The second-order valence-electron chi connectivity index (χ2n) is 8.15. The predicted molar refractivity (Wildman–Crippen MR) is 131 cm³/mol. The number of furan rings is 1. The van der Waals surface area contributed by atoms with Crippen LogP contribution >= 0.6 is 0 Å². The summed E-state index contributed by atoms with van der Waals surface area (Å²) >= 11 is 0. The van der Waals surface area contributed by atoms with E-state index < -0.39 is 33.9 Å². The maximum atomic E-state index is 13.5. The van der Waals surface area contributed by atoms with Crippen molar-refractivity contribution in [1.29, 1.82) is 0 Å². The molecular formula is C25H23N3O6S. The Morgan fingerprint density at radius 2 is 1.69 bits per heavy atom. The Kier molecular flexibility index (Phi) is 6.57. The lowest BCUT2D eigenvalue weighted by Gasteiger charge is -2.31. The summed E-state index contributed by atoms with van der Waals surface area (Å²) in [6.45, 7) is 3.24. The number of amides is 1. The molecule has 35 heavy (non-hydrogen) atoms. The molecule has 0 spiro atoms. The highest BCUT2D eigenvalue weighted by molar-refractivity contribution is 7.92. The van der Waals surface area contributed by atoms with Crippen LogP contribution in [-0.4, -0.2) is 36.4 Å². The number of nitrogens with zero attached hydrogens (tertiary/aromatic N) is 2. The number of pyridine rings is 1. The number of para-hydroxylation sites is 1. The molecule has 2 aromatic carbocycles. The van der Waals surface area contributed by atoms with E-state index in [1.165, 1.54) is 30.5 Å². The molecule has 0 unspecified atom stereocenters. The van der Waals surface area contributed by atoms with Crippen molar-refractivity contribution < 1.29 is 27.5 Å². The number of rotatable bonds is 8. The van der Waals surface area contributed by atoms with E-state index in [1.54, 1.807) is 50.2 Å². The van der Waals surface area contributed by atoms with Gasteiger partial charge in [-0.05, 0) is 42.3 Å². The summed E-state index contributed by atoms with van der Waals surface area (Å²) in [6, 6.07) is 17.8. The highest BCUT2D eigenvalue weighted by atomic mass is 32.2. The van der Waals surface area contributed by atoms with Gasteiger partial charge in [0.2, 0.25) is 0 Å². The molecule has 2 aromatic heterocycles. The molecule has 9 nitrogen and oxygen atoms in total. The van der Waals surface area contributed by atoms with Crippen molar-refractivity contribution in [2.24, 2.45) is 5.92 Å². The van der Waals surface area contributed by atoms with Gasteiger partial charge >= 0.3 is 5.97 Å². The van der Waals surface area contributed by atoms with Crippen molar-refractivity contribution in [3.8, 4) is 0 Å². The maximum Gasteiger partial charge on any atom is 0.327 e. The molecule has 0 bridgehead atoms. The Morgan fingerprint density at radius 3 is 2.29 bits per heavy atom. The fourth-order valence-electron chi connectivity index (χ4n) is 3.65. The number of carboxylic acids is 1. The van der Waals surface area contributed by atoms with Crippen LogP contribution in [0.3, 0.4) is 0 Å². The van der Waals surface area contributed by atoms with Crippen LogP contribution in [0.1, 0.15) is 24.4 Å². The van der Waals surface area contributed by atoms with Gasteiger partial charge in [-0.3, -0.25) is 4.79 Å². The minimum atomic E-state index is -4.25. The van der Waals surface area contributed by atoms with E-state index in [2.05, 4.69) is 10.3 Å². The van der Waals surface area contributed by atoms with E-state index in [0.29, 0.717) is 5.58 Å². The number of hydrogen-bond donors (Lipinski definition) is 2. The number of carbonyl (C=O) groups excluding carboxylic acids is 1. The summed E-state index contributed by atoms with van der Waals surface area (Å²) in [5, 5.41) is 13.3.